The quantitative estimate of drug-likeness (QED) is 0.327. The van der Waals surface area contributed by atoms with Gasteiger partial charge in [0.2, 0.25) is 6.29 Å². The zero-order valence-corrected chi connectivity index (χ0v) is 22.3. The second kappa shape index (κ2) is 13.8. The van der Waals surface area contributed by atoms with Crippen molar-refractivity contribution in [2.75, 3.05) is 6.54 Å². The van der Waals surface area contributed by atoms with Crippen molar-refractivity contribution in [3.63, 3.8) is 0 Å². The van der Waals surface area contributed by atoms with Gasteiger partial charge in [0.25, 0.3) is 5.56 Å². The number of alkyl halides is 3. The van der Waals surface area contributed by atoms with Crippen LogP contribution in [-0.4, -0.2) is 45.6 Å². The highest BCUT2D eigenvalue weighted by Gasteiger charge is 2.27. The van der Waals surface area contributed by atoms with E-state index in [9.17, 15) is 22.8 Å². The van der Waals surface area contributed by atoms with E-state index in [0.29, 0.717) is 30.6 Å². The minimum atomic E-state index is -4.64. The smallest absolute Gasteiger partial charge is 0.446 e. The van der Waals surface area contributed by atoms with Gasteiger partial charge in [0, 0.05) is 19.1 Å². The summed E-state index contributed by atoms with van der Waals surface area (Å²) >= 11 is 12.8. The number of aromatic carboxylic acids is 1. The lowest BCUT2D eigenvalue weighted by atomic mass is 10.0. The maximum absolute atomic E-state index is 12.9. The third-order valence-corrected chi connectivity index (χ3v) is 7.03. The molecule has 11 heteroatoms. The van der Waals surface area contributed by atoms with E-state index in [1.807, 2.05) is 6.07 Å². The first-order valence-corrected chi connectivity index (χ1v) is 12.9. The van der Waals surface area contributed by atoms with Gasteiger partial charge < -0.3 is 9.67 Å². The van der Waals surface area contributed by atoms with E-state index >= 15 is 0 Å². The zero-order valence-electron chi connectivity index (χ0n) is 20.8. The fraction of sp³-hybridized carbons (Fsp3) is 0.321. The molecule has 0 unspecified atom stereocenters. The molecule has 1 saturated heterocycles. The van der Waals surface area contributed by atoms with Crippen molar-refractivity contribution in [3.05, 3.63) is 103 Å². The van der Waals surface area contributed by atoms with E-state index in [2.05, 4.69) is 29.2 Å². The molecule has 6 nitrogen and oxygen atoms in total. The number of rotatable bonds is 8. The van der Waals surface area contributed by atoms with Crippen molar-refractivity contribution in [1.29, 1.82) is 0 Å². The predicted molar refractivity (Wildman–Crippen MR) is 144 cm³/mol. The van der Waals surface area contributed by atoms with Crippen LogP contribution in [0.15, 0.2) is 65.5 Å². The maximum atomic E-state index is 12.9. The van der Waals surface area contributed by atoms with Gasteiger partial charge in [-0.25, -0.2) is 4.79 Å². The van der Waals surface area contributed by atoms with Crippen molar-refractivity contribution in [3.8, 4) is 0 Å². The highest BCUT2D eigenvalue weighted by atomic mass is 35.5. The summed E-state index contributed by atoms with van der Waals surface area (Å²) in [5, 5.41) is 9.68. The van der Waals surface area contributed by atoms with E-state index in [1.54, 1.807) is 34.9 Å². The zero-order chi connectivity index (χ0) is 28.6. The number of aromatic nitrogens is 1. The standard InChI is InChI=1S/C26H26Cl2N2O3.C2HF3O/c27-22-16-23(28)25(31)30(14-12-18-8-10-20(11-9-18)26(32)33)24(22)17-29-13-4-7-21(29)15-19-5-2-1-3-6-19;3-2(4,5)1-6/h1-3,5-6,8-11,16,21H,4,7,12-15,17H2,(H,32,33);1H/t21-;/m1./s1. The Hall–Kier alpha value is -3.14. The molecule has 1 N–H and O–H groups in total. The summed E-state index contributed by atoms with van der Waals surface area (Å²) < 4.78 is 32.9. The van der Waals surface area contributed by atoms with E-state index < -0.39 is 18.4 Å². The topological polar surface area (TPSA) is 79.6 Å². The summed E-state index contributed by atoms with van der Waals surface area (Å²) in [6.07, 6.45) is -1.95. The van der Waals surface area contributed by atoms with Gasteiger partial charge in [0.05, 0.1) is 16.3 Å². The summed E-state index contributed by atoms with van der Waals surface area (Å²) in [6.45, 7) is 1.96. The van der Waals surface area contributed by atoms with E-state index in [1.165, 1.54) is 5.56 Å². The summed E-state index contributed by atoms with van der Waals surface area (Å²) in [6, 6.07) is 19.1. The van der Waals surface area contributed by atoms with Gasteiger partial charge >= 0.3 is 12.1 Å². The average molecular weight is 583 g/mol. The molecule has 1 aromatic heterocycles. The molecule has 1 aliphatic heterocycles. The number of carboxylic acids is 1. The number of carbonyl (C=O) groups excluding carboxylic acids is 1. The van der Waals surface area contributed by atoms with Crippen molar-refractivity contribution in [2.24, 2.45) is 0 Å². The molecule has 0 aliphatic carbocycles. The number of hydrogen-bond donors (Lipinski definition) is 1. The van der Waals surface area contributed by atoms with Crippen molar-refractivity contribution in [1.82, 2.24) is 9.47 Å². The third kappa shape index (κ3) is 8.95. The van der Waals surface area contributed by atoms with E-state index in [-0.39, 0.29) is 16.1 Å². The van der Waals surface area contributed by atoms with Gasteiger partial charge in [-0.05, 0) is 61.6 Å². The van der Waals surface area contributed by atoms with Crippen LogP contribution in [0.25, 0.3) is 0 Å². The van der Waals surface area contributed by atoms with E-state index in [0.717, 1.165) is 37.1 Å². The largest absolute Gasteiger partial charge is 0.478 e. The van der Waals surface area contributed by atoms with Gasteiger partial charge in [-0.1, -0.05) is 65.7 Å². The molecule has 4 rings (SSSR count). The molecule has 0 amide bonds. The maximum Gasteiger partial charge on any atom is 0.446 e. The van der Waals surface area contributed by atoms with Crippen molar-refractivity contribution >= 4 is 35.5 Å². The lowest BCUT2D eigenvalue weighted by Gasteiger charge is -2.27. The molecule has 1 fully saturated rings. The lowest BCUT2D eigenvalue weighted by Crippen LogP contribution is -2.34. The molecular weight excluding hydrogens is 556 g/mol. The summed E-state index contributed by atoms with van der Waals surface area (Å²) in [5.74, 6) is -0.961. The number of halogens is 5. The molecule has 3 aromatic rings. The Balaban J connectivity index is 0.000000631. The van der Waals surface area contributed by atoms with Crippen LogP contribution in [0.5, 0.6) is 0 Å². The van der Waals surface area contributed by atoms with Crippen molar-refractivity contribution < 1.29 is 27.9 Å². The minimum Gasteiger partial charge on any atom is -0.478 e. The molecule has 1 aliphatic rings. The molecule has 2 heterocycles. The number of aryl methyl sites for hydroxylation is 1. The van der Waals surface area contributed by atoms with Crippen LogP contribution < -0.4 is 5.56 Å². The van der Waals surface area contributed by atoms with Crippen LogP contribution >= 0.6 is 23.2 Å². The number of carboxylic acid groups (broad SMARTS) is 1. The minimum absolute atomic E-state index is 0.104. The van der Waals surface area contributed by atoms with Gasteiger partial charge in [-0.3, -0.25) is 14.5 Å². The molecule has 0 radical (unpaired) electrons. The average Bonchev–Trinajstić information content (AvgIpc) is 3.34. The lowest BCUT2D eigenvalue weighted by molar-refractivity contribution is -0.156. The predicted octanol–water partition coefficient (Wildman–Crippen LogP) is 6.05. The van der Waals surface area contributed by atoms with Crippen LogP contribution in [0.2, 0.25) is 10.0 Å². The molecule has 0 spiro atoms. The van der Waals surface area contributed by atoms with Crippen LogP contribution in [0.1, 0.15) is 40.0 Å². The highest BCUT2D eigenvalue weighted by molar-refractivity contribution is 6.34. The Labute approximate surface area is 233 Å². The third-order valence-electron chi connectivity index (χ3n) is 6.43. The fourth-order valence-electron chi connectivity index (χ4n) is 4.50. The fourth-order valence-corrected chi connectivity index (χ4v) is 5.04. The Morgan fingerprint density at radius 2 is 1.67 bits per heavy atom. The van der Waals surface area contributed by atoms with Crippen molar-refractivity contribution in [2.45, 2.75) is 51.0 Å². The van der Waals surface area contributed by atoms with Crippen LogP contribution in [0, 0.1) is 0 Å². The molecule has 1 atom stereocenters. The first-order chi connectivity index (χ1) is 18.5. The summed E-state index contributed by atoms with van der Waals surface area (Å²) in [5.41, 5.74) is 3.00. The number of pyridine rings is 1. The molecule has 0 saturated carbocycles. The number of carbonyl (C=O) groups is 2. The Morgan fingerprint density at radius 3 is 2.26 bits per heavy atom. The molecule has 39 heavy (non-hydrogen) atoms. The van der Waals surface area contributed by atoms with Gasteiger partial charge in [0.1, 0.15) is 5.02 Å². The van der Waals surface area contributed by atoms with E-state index in [4.69, 9.17) is 33.1 Å². The number of benzene rings is 2. The molecule has 2 aromatic carbocycles. The van der Waals surface area contributed by atoms with Crippen LogP contribution in [0.3, 0.4) is 0 Å². The first-order valence-electron chi connectivity index (χ1n) is 12.2. The molecular formula is C28H27Cl2F3N2O4. The second-order valence-corrected chi connectivity index (χ2v) is 9.93. The summed E-state index contributed by atoms with van der Waals surface area (Å²) in [4.78, 5) is 35.1. The molecule has 0 bridgehead atoms. The Morgan fingerprint density at radius 1 is 1.03 bits per heavy atom. The SMILES string of the molecule is O=C(O)c1ccc(CCn2c(CN3CCC[C@@H]3Cc3ccccc3)c(Cl)cc(Cl)c2=O)cc1.O=CC(F)(F)F. The number of hydrogen-bond acceptors (Lipinski definition) is 4. The Bertz CT molecular complexity index is 1330. The van der Waals surface area contributed by atoms with Gasteiger partial charge in [0.15, 0.2) is 0 Å². The number of nitrogens with zero attached hydrogens (tertiary/aromatic N) is 2. The summed E-state index contributed by atoms with van der Waals surface area (Å²) in [7, 11) is 0. The Kier molecular flexibility index (Phi) is 10.7. The van der Waals surface area contributed by atoms with Crippen LogP contribution in [0.4, 0.5) is 13.2 Å². The van der Waals surface area contributed by atoms with Crippen LogP contribution in [-0.2, 0) is 30.7 Å². The normalized spacial score (nSPS) is 15.5. The second-order valence-electron chi connectivity index (χ2n) is 9.11. The first kappa shape index (κ1) is 30.4. The number of likely N-dealkylation sites (tertiary alicyclic amines) is 1. The molecule has 208 valence electrons. The van der Waals surface area contributed by atoms with Gasteiger partial charge in [-0.2, -0.15) is 13.2 Å². The highest BCUT2D eigenvalue weighted by Crippen LogP contribution is 2.27. The van der Waals surface area contributed by atoms with Gasteiger partial charge in [-0.15, -0.1) is 0 Å². The number of aldehydes is 1. The monoisotopic (exact) mass is 582 g/mol.